The first kappa shape index (κ1) is 15.6. The van der Waals surface area contributed by atoms with Crippen LogP contribution in [-0.2, 0) is 11.2 Å². The molecule has 0 atom stereocenters. The molecule has 0 aliphatic rings. The Morgan fingerprint density at radius 2 is 1.96 bits per heavy atom. The maximum atomic E-state index is 14.3. The van der Waals surface area contributed by atoms with E-state index in [0.29, 0.717) is 5.65 Å². The van der Waals surface area contributed by atoms with Crippen molar-refractivity contribution in [1.29, 1.82) is 0 Å². The molecule has 0 aliphatic heterocycles. The molecule has 0 aliphatic carbocycles. The van der Waals surface area contributed by atoms with E-state index in [1.807, 2.05) is 6.92 Å². The van der Waals surface area contributed by atoms with Crippen LogP contribution in [0.15, 0.2) is 34.9 Å². The van der Waals surface area contributed by atoms with Crippen molar-refractivity contribution >= 4 is 27.5 Å². The van der Waals surface area contributed by atoms with E-state index in [4.69, 9.17) is 5.11 Å². The Kier molecular flexibility index (Phi) is 3.89. The third kappa shape index (κ3) is 2.84. The quantitative estimate of drug-likeness (QED) is 0.747. The zero-order valence-corrected chi connectivity index (χ0v) is 13.6. The van der Waals surface area contributed by atoms with Crippen molar-refractivity contribution in [2.45, 2.75) is 13.3 Å². The predicted octanol–water partition coefficient (Wildman–Crippen LogP) is 3.98. The van der Waals surface area contributed by atoms with Gasteiger partial charge in [-0.1, -0.05) is 15.9 Å². The van der Waals surface area contributed by atoms with Crippen molar-refractivity contribution in [3.63, 3.8) is 0 Å². The van der Waals surface area contributed by atoms with E-state index < -0.39 is 24.0 Å². The average molecular weight is 381 g/mol. The summed E-state index contributed by atoms with van der Waals surface area (Å²) in [7, 11) is 0. The Hall–Kier alpha value is -2.28. The fourth-order valence-electron chi connectivity index (χ4n) is 2.48. The van der Waals surface area contributed by atoms with Gasteiger partial charge in [0.2, 0.25) is 0 Å². The van der Waals surface area contributed by atoms with Crippen LogP contribution < -0.4 is 0 Å². The SMILES string of the molecule is Cc1ccn2c(CC(=O)O)c(-c3c(F)cc(Br)cc3F)nc2c1. The maximum Gasteiger partial charge on any atom is 0.309 e. The van der Waals surface area contributed by atoms with Gasteiger partial charge in [-0.2, -0.15) is 0 Å². The number of fused-ring (bicyclic) bond motifs is 1. The smallest absolute Gasteiger partial charge is 0.309 e. The zero-order chi connectivity index (χ0) is 16.7. The average Bonchev–Trinajstić information content (AvgIpc) is 2.74. The number of pyridine rings is 1. The number of hydrogen-bond donors (Lipinski definition) is 1. The fourth-order valence-corrected chi connectivity index (χ4v) is 2.88. The number of halogens is 3. The highest BCUT2D eigenvalue weighted by molar-refractivity contribution is 9.10. The zero-order valence-electron chi connectivity index (χ0n) is 12.0. The normalized spacial score (nSPS) is 11.1. The molecule has 0 fully saturated rings. The highest BCUT2D eigenvalue weighted by Gasteiger charge is 2.22. The van der Waals surface area contributed by atoms with Crippen LogP contribution in [-0.4, -0.2) is 20.5 Å². The minimum absolute atomic E-state index is 0.000463. The minimum atomic E-state index is -1.11. The van der Waals surface area contributed by atoms with E-state index in [9.17, 15) is 13.6 Å². The minimum Gasteiger partial charge on any atom is -0.481 e. The molecule has 1 aromatic carbocycles. The van der Waals surface area contributed by atoms with Gasteiger partial charge in [0.15, 0.2) is 0 Å². The molecular weight excluding hydrogens is 370 g/mol. The van der Waals surface area contributed by atoms with Gasteiger partial charge in [-0.25, -0.2) is 13.8 Å². The van der Waals surface area contributed by atoms with Gasteiger partial charge in [0.1, 0.15) is 17.3 Å². The summed E-state index contributed by atoms with van der Waals surface area (Å²) in [4.78, 5) is 15.4. The van der Waals surface area contributed by atoms with E-state index in [0.717, 1.165) is 17.7 Å². The van der Waals surface area contributed by atoms with Crippen molar-refractivity contribution in [1.82, 2.24) is 9.38 Å². The van der Waals surface area contributed by atoms with Gasteiger partial charge in [0, 0.05) is 10.7 Å². The summed E-state index contributed by atoms with van der Waals surface area (Å²) in [5, 5.41) is 9.12. The largest absolute Gasteiger partial charge is 0.481 e. The van der Waals surface area contributed by atoms with E-state index >= 15 is 0 Å². The first-order valence-electron chi connectivity index (χ1n) is 6.71. The Bertz CT molecular complexity index is 914. The number of aliphatic carboxylic acids is 1. The lowest BCUT2D eigenvalue weighted by Gasteiger charge is -2.06. The van der Waals surface area contributed by atoms with Gasteiger partial charge in [0.25, 0.3) is 0 Å². The van der Waals surface area contributed by atoms with E-state index in [1.54, 1.807) is 18.3 Å². The van der Waals surface area contributed by atoms with E-state index in [-0.39, 0.29) is 21.4 Å². The number of carboxylic acid groups (broad SMARTS) is 1. The second-order valence-corrected chi connectivity index (χ2v) is 6.07. The highest BCUT2D eigenvalue weighted by atomic mass is 79.9. The monoisotopic (exact) mass is 380 g/mol. The number of rotatable bonds is 3. The second kappa shape index (κ2) is 5.73. The van der Waals surface area contributed by atoms with Crippen LogP contribution in [0.25, 0.3) is 16.9 Å². The van der Waals surface area contributed by atoms with Crippen LogP contribution in [0, 0.1) is 18.6 Å². The first-order chi connectivity index (χ1) is 10.9. The summed E-state index contributed by atoms with van der Waals surface area (Å²) in [6.45, 7) is 1.85. The van der Waals surface area contributed by atoms with Crippen molar-refractivity contribution in [3.8, 4) is 11.3 Å². The highest BCUT2D eigenvalue weighted by Crippen LogP contribution is 2.32. The number of carbonyl (C=O) groups is 1. The van der Waals surface area contributed by atoms with Crippen molar-refractivity contribution in [2.24, 2.45) is 0 Å². The first-order valence-corrected chi connectivity index (χ1v) is 7.50. The Balaban J connectivity index is 2.34. The van der Waals surface area contributed by atoms with Crippen molar-refractivity contribution < 1.29 is 18.7 Å². The Labute approximate surface area is 138 Å². The molecule has 7 heteroatoms. The Morgan fingerprint density at radius 1 is 1.30 bits per heavy atom. The summed E-state index contributed by atoms with van der Waals surface area (Å²) in [6.07, 6.45) is 1.25. The predicted molar refractivity (Wildman–Crippen MR) is 84.3 cm³/mol. The Morgan fingerprint density at radius 3 is 2.57 bits per heavy atom. The molecule has 118 valence electrons. The molecule has 4 nitrogen and oxygen atoms in total. The van der Waals surface area contributed by atoms with Crippen LogP contribution in [0.1, 0.15) is 11.3 Å². The molecule has 0 amide bonds. The summed E-state index contributed by atoms with van der Waals surface area (Å²) >= 11 is 3.02. The van der Waals surface area contributed by atoms with Crippen LogP contribution in [0.4, 0.5) is 8.78 Å². The van der Waals surface area contributed by atoms with Crippen LogP contribution in [0.2, 0.25) is 0 Å². The molecule has 23 heavy (non-hydrogen) atoms. The van der Waals surface area contributed by atoms with Crippen LogP contribution in [0.3, 0.4) is 0 Å². The molecule has 0 saturated heterocycles. The van der Waals surface area contributed by atoms with Crippen LogP contribution >= 0.6 is 15.9 Å². The third-order valence-corrected chi connectivity index (χ3v) is 3.90. The molecule has 0 radical (unpaired) electrons. The van der Waals surface area contributed by atoms with Crippen molar-refractivity contribution in [3.05, 3.63) is 57.8 Å². The lowest BCUT2D eigenvalue weighted by Crippen LogP contribution is -2.05. The van der Waals surface area contributed by atoms with Gasteiger partial charge in [0.05, 0.1) is 23.4 Å². The topological polar surface area (TPSA) is 54.6 Å². The third-order valence-electron chi connectivity index (χ3n) is 3.44. The standard InChI is InChI=1S/C16H11BrF2N2O2/c1-8-2-3-21-12(7-14(22)23)16(20-13(21)4-8)15-10(18)5-9(17)6-11(15)19/h2-6H,7H2,1H3,(H,22,23). The number of benzene rings is 1. The summed E-state index contributed by atoms with van der Waals surface area (Å²) < 4.78 is 30.3. The number of aromatic nitrogens is 2. The van der Waals surface area contributed by atoms with Gasteiger partial charge < -0.3 is 9.51 Å². The van der Waals surface area contributed by atoms with Gasteiger partial charge in [-0.05, 0) is 36.8 Å². The van der Waals surface area contributed by atoms with Gasteiger partial charge >= 0.3 is 5.97 Å². The molecule has 0 bridgehead atoms. The fraction of sp³-hybridized carbons (Fsp3) is 0.125. The molecule has 2 heterocycles. The number of aryl methyl sites for hydroxylation is 1. The maximum absolute atomic E-state index is 14.3. The summed E-state index contributed by atoms with van der Waals surface area (Å²) in [5.41, 5.74) is 1.25. The lowest BCUT2D eigenvalue weighted by molar-refractivity contribution is -0.136. The molecule has 0 saturated carbocycles. The molecular formula is C16H11BrF2N2O2. The molecule has 3 aromatic rings. The number of carboxylic acids is 1. The van der Waals surface area contributed by atoms with Gasteiger partial charge in [-0.3, -0.25) is 4.79 Å². The van der Waals surface area contributed by atoms with E-state index in [1.165, 1.54) is 4.40 Å². The number of imidazole rings is 1. The second-order valence-electron chi connectivity index (χ2n) is 5.15. The molecule has 1 N–H and O–H groups in total. The molecule has 0 unspecified atom stereocenters. The molecule has 0 spiro atoms. The van der Waals surface area contributed by atoms with Crippen LogP contribution in [0.5, 0.6) is 0 Å². The summed E-state index contributed by atoms with van der Waals surface area (Å²) in [6, 6.07) is 5.75. The molecule has 3 rings (SSSR count). The molecule has 2 aromatic heterocycles. The van der Waals surface area contributed by atoms with Gasteiger partial charge in [-0.15, -0.1) is 0 Å². The van der Waals surface area contributed by atoms with E-state index in [2.05, 4.69) is 20.9 Å². The lowest BCUT2D eigenvalue weighted by atomic mass is 10.1. The number of nitrogens with zero attached hydrogens (tertiary/aromatic N) is 2. The number of hydrogen-bond acceptors (Lipinski definition) is 2. The summed E-state index contributed by atoms with van der Waals surface area (Å²) in [5.74, 6) is -2.71. The van der Waals surface area contributed by atoms with Crippen molar-refractivity contribution in [2.75, 3.05) is 0 Å².